The molecule has 118 valence electrons. The third-order valence-electron chi connectivity index (χ3n) is 3.90. The first kappa shape index (κ1) is 15.7. The Morgan fingerprint density at radius 1 is 1.13 bits per heavy atom. The molecule has 23 heavy (non-hydrogen) atoms. The van der Waals surface area contributed by atoms with Crippen molar-refractivity contribution in [1.82, 2.24) is 10.3 Å². The van der Waals surface area contributed by atoms with E-state index in [1.54, 1.807) is 24.5 Å². The lowest BCUT2D eigenvalue weighted by molar-refractivity contribution is -0.134. The number of amides is 2. The Kier molecular flexibility index (Phi) is 4.43. The average Bonchev–Trinajstić information content (AvgIpc) is 3.38. The maximum Gasteiger partial charge on any atom is 0.240 e. The van der Waals surface area contributed by atoms with Crippen LogP contribution in [-0.2, 0) is 16.1 Å². The number of rotatable bonds is 5. The van der Waals surface area contributed by atoms with Crippen LogP contribution in [0.5, 0.6) is 0 Å². The molecule has 1 aliphatic carbocycles. The highest BCUT2D eigenvalue weighted by atomic mass is 79.9. The van der Waals surface area contributed by atoms with Gasteiger partial charge in [0, 0.05) is 29.1 Å². The highest BCUT2D eigenvalue weighted by Gasteiger charge is 2.56. The molecule has 1 aliphatic rings. The minimum atomic E-state index is -0.935. The second-order valence-electron chi connectivity index (χ2n) is 5.59. The van der Waals surface area contributed by atoms with Crippen molar-refractivity contribution in [2.24, 2.45) is 5.41 Å². The van der Waals surface area contributed by atoms with Crippen LogP contribution in [0.1, 0.15) is 18.4 Å². The lowest BCUT2D eigenvalue weighted by Crippen LogP contribution is -2.39. The van der Waals surface area contributed by atoms with Crippen molar-refractivity contribution in [3.8, 4) is 0 Å². The second-order valence-corrected chi connectivity index (χ2v) is 6.50. The fourth-order valence-corrected chi connectivity index (χ4v) is 2.58. The van der Waals surface area contributed by atoms with E-state index in [9.17, 15) is 9.59 Å². The van der Waals surface area contributed by atoms with E-state index in [4.69, 9.17) is 0 Å². The first-order valence-electron chi connectivity index (χ1n) is 7.34. The standard InChI is InChI=1S/C17H16BrN3O2/c18-13-3-5-14(6-4-13)21-16(23)17(7-8-17)15(22)20-11-12-2-1-9-19-10-12/h1-6,9-10H,7-8,11H2,(H,20,22)(H,21,23). The third kappa shape index (κ3) is 3.59. The quantitative estimate of drug-likeness (QED) is 0.791. The lowest BCUT2D eigenvalue weighted by Gasteiger charge is -2.15. The minimum absolute atomic E-state index is 0.226. The zero-order chi connectivity index (χ0) is 16.3. The fourth-order valence-electron chi connectivity index (χ4n) is 2.32. The highest BCUT2D eigenvalue weighted by molar-refractivity contribution is 9.10. The van der Waals surface area contributed by atoms with Crippen LogP contribution in [0, 0.1) is 5.41 Å². The van der Waals surface area contributed by atoms with Gasteiger partial charge in [0.2, 0.25) is 11.8 Å². The molecule has 0 bridgehead atoms. The number of aromatic nitrogens is 1. The van der Waals surface area contributed by atoms with Gasteiger partial charge in [-0.2, -0.15) is 0 Å². The Morgan fingerprint density at radius 2 is 1.87 bits per heavy atom. The van der Waals surface area contributed by atoms with Gasteiger partial charge in [-0.05, 0) is 48.7 Å². The number of carbonyl (C=O) groups excluding carboxylic acids is 2. The molecule has 1 heterocycles. The molecular weight excluding hydrogens is 358 g/mol. The summed E-state index contributed by atoms with van der Waals surface area (Å²) in [5.74, 6) is -0.473. The lowest BCUT2D eigenvalue weighted by atomic mass is 10.0. The summed E-state index contributed by atoms with van der Waals surface area (Å²) in [5, 5.41) is 5.65. The van der Waals surface area contributed by atoms with Crippen molar-refractivity contribution in [3.63, 3.8) is 0 Å². The molecule has 1 saturated carbocycles. The van der Waals surface area contributed by atoms with Gasteiger partial charge in [0.1, 0.15) is 5.41 Å². The van der Waals surface area contributed by atoms with E-state index in [0.717, 1.165) is 10.0 Å². The number of hydrogen-bond acceptors (Lipinski definition) is 3. The molecule has 1 aromatic carbocycles. The zero-order valence-electron chi connectivity index (χ0n) is 12.4. The SMILES string of the molecule is O=C(NCc1cccnc1)C1(C(=O)Nc2ccc(Br)cc2)CC1. The van der Waals surface area contributed by atoms with Gasteiger partial charge in [0.05, 0.1) is 0 Å². The van der Waals surface area contributed by atoms with Gasteiger partial charge >= 0.3 is 0 Å². The number of pyridine rings is 1. The highest BCUT2D eigenvalue weighted by Crippen LogP contribution is 2.46. The Balaban J connectivity index is 1.60. The van der Waals surface area contributed by atoms with Crippen LogP contribution < -0.4 is 10.6 Å². The van der Waals surface area contributed by atoms with Gasteiger partial charge in [-0.3, -0.25) is 14.6 Å². The van der Waals surface area contributed by atoms with Gasteiger partial charge in [0.25, 0.3) is 0 Å². The molecule has 0 unspecified atom stereocenters. The maximum atomic E-state index is 12.4. The van der Waals surface area contributed by atoms with E-state index in [1.807, 2.05) is 24.3 Å². The second kappa shape index (κ2) is 6.50. The molecule has 2 amide bonds. The minimum Gasteiger partial charge on any atom is -0.351 e. The van der Waals surface area contributed by atoms with Gasteiger partial charge in [-0.1, -0.05) is 22.0 Å². The number of hydrogen-bond donors (Lipinski definition) is 2. The molecule has 0 saturated heterocycles. The Bertz CT molecular complexity index is 712. The van der Waals surface area contributed by atoms with Crippen LogP contribution in [0.4, 0.5) is 5.69 Å². The monoisotopic (exact) mass is 373 g/mol. The normalized spacial score (nSPS) is 14.8. The number of anilines is 1. The molecule has 0 aliphatic heterocycles. The first-order chi connectivity index (χ1) is 11.1. The summed E-state index contributed by atoms with van der Waals surface area (Å²) in [6.07, 6.45) is 4.53. The Labute approximate surface area is 142 Å². The van der Waals surface area contributed by atoms with Crippen molar-refractivity contribution in [3.05, 3.63) is 58.8 Å². The smallest absolute Gasteiger partial charge is 0.240 e. The summed E-state index contributed by atoms with van der Waals surface area (Å²) in [5.41, 5.74) is 0.657. The summed E-state index contributed by atoms with van der Waals surface area (Å²) in [6, 6.07) is 11.0. The van der Waals surface area contributed by atoms with E-state index in [2.05, 4.69) is 31.5 Å². The van der Waals surface area contributed by atoms with E-state index in [0.29, 0.717) is 25.1 Å². The molecule has 3 rings (SSSR count). The van der Waals surface area contributed by atoms with Crippen LogP contribution in [0.3, 0.4) is 0 Å². The van der Waals surface area contributed by atoms with Crippen molar-refractivity contribution < 1.29 is 9.59 Å². The van der Waals surface area contributed by atoms with E-state index < -0.39 is 5.41 Å². The number of halogens is 1. The van der Waals surface area contributed by atoms with Gasteiger partial charge in [0.15, 0.2) is 0 Å². The first-order valence-corrected chi connectivity index (χ1v) is 8.14. The molecule has 6 heteroatoms. The molecule has 1 fully saturated rings. The molecular formula is C17H16BrN3O2. The zero-order valence-corrected chi connectivity index (χ0v) is 14.0. The van der Waals surface area contributed by atoms with Crippen LogP contribution in [-0.4, -0.2) is 16.8 Å². The van der Waals surface area contributed by atoms with Gasteiger partial charge < -0.3 is 10.6 Å². The third-order valence-corrected chi connectivity index (χ3v) is 4.43. The van der Waals surface area contributed by atoms with Crippen molar-refractivity contribution in [1.29, 1.82) is 0 Å². The van der Waals surface area contributed by atoms with Crippen LogP contribution in [0.25, 0.3) is 0 Å². The van der Waals surface area contributed by atoms with E-state index in [1.165, 1.54) is 0 Å². The molecule has 0 spiro atoms. The predicted octanol–water partition coefficient (Wildman–Crippen LogP) is 2.88. The summed E-state index contributed by atoms with van der Waals surface area (Å²) in [6.45, 7) is 0.375. The van der Waals surface area contributed by atoms with Crippen molar-refractivity contribution in [2.45, 2.75) is 19.4 Å². The number of nitrogens with zero attached hydrogens (tertiary/aromatic N) is 1. The van der Waals surface area contributed by atoms with Crippen molar-refractivity contribution >= 4 is 33.4 Å². The fraction of sp³-hybridized carbons (Fsp3) is 0.235. The van der Waals surface area contributed by atoms with E-state index in [-0.39, 0.29) is 11.8 Å². The maximum absolute atomic E-state index is 12.4. The van der Waals surface area contributed by atoms with Crippen LogP contribution in [0.2, 0.25) is 0 Å². The largest absolute Gasteiger partial charge is 0.351 e. The molecule has 2 N–H and O–H groups in total. The van der Waals surface area contributed by atoms with Gasteiger partial charge in [-0.25, -0.2) is 0 Å². The molecule has 0 atom stereocenters. The molecule has 5 nitrogen and oxygen atoms in total. The Morgan fingerprint density at radius 3 is 2.48 bits per heavy atom. The Hall–Kier alpha value is -2.21. The molecule has 2 aromatic rings. The number of nitrogens with one attached hydrogen (secondary N) is 2. The number of benzene rings is 1. The molecule has 1 aromatic heterocycles. The summed E-state index contributed by atoms with van der Waals surface area (Å²) in [4.78, 5) is 28.8. The average molecular weight is 374 g/mol. The summed E-state index contributed by atoms with van der Waals surface area (Å²) < 4.78 is 0.936. The van der Waals surface area contributed by atoms with Crippen molar-refractivity contribution in [2.75, 3.05) is 5.32 Å². The molecule has 0 radical (unpaired) electrons. The van der Waals surface area contributed by atoms with Crippen LogP contribution in [0.15, 0.2) is 53.3 Å². The predicted molar refractivity (Wildman–Crippen MR) is 90.5 cm³/mol. The topological polar surface area (TPSA) is 71.1 Å². The number of carbonyl (C=O) groups is 2. The van der Waals surface area contributed by atoms with E-state index >= 15 is 0 Å². The summed E-state index contributed by atoms with van der Waals surface area (Å²) in [7, 11) is 0. The van der Waals surface area contributed by atoms with Gasteiger partial charge in [-0.15, -0.1) is 0 Å². The summed E-state index contributed by atoms with van der Waals surface area (Å²) >= 11 is 3.35. The van der Waals surface area contributed by atoms with Crippen LogP contribution >= 0.6 is 15.9 Å².